The summed E-state index contributed by atoms with van der Waals surface area (Å²) in [5, 5.41) is 22.7. The Labute approximate surface area is 140 Å². The second-order valence-electron chi connectivity index (χ2n) is 5.25. The van der Waals surface area contributed by atoms with Crippen molar-refractivity contribution in [2.24, 2.45) is 0 Å². The Hall–Kier alpha value is -2.91. The van der Waals surface area contributed by atoms with E-state index in [9.17, 15) is 10.1 Å². The molecule has 2 rings (SSSR count). The molecule has 2 aromatic carbocycles. The number of hydrogen-bond donors (Lipinski definition) is 1. The quantitative estimate of drug-likeness (QED) is 0.432. The third-order valence-electron chi connectivity index (χ3n) is 3.43. The first-order valence-electron chi connectivity index (χ1n) is 7.72. The van der Waals surface area contributed by atoms with E-state index in [1.807, 2.05) is 24.3 Å². The Morgan fingerprint density at radius 3 is 2.79 bits per heavy atom. The molecule has 0 bridgehead atoms. The predicted octanol–water partition coefficient (Wildman–Crippen LogP) is 3.57. The lowest BCUT2D eigenvalue weighted by molar-refractivity contribution is -0.385. The van der Waals surface area contributed by atoms with Gasteiger partial charge in [0.05, 0.1) is 17.6 Å². The normalized spacial score (nSPS) is 10.1. The van der Waals surface area contributed by atoms with Crippen LogP contribution >= 0.6 is 0 Å². The summed E-state index contributed by atoms with van der Waals surface area (Å²) < 4.78 is 5.60. The van der Waals surface area contributed by atoms with Crippen molar-refractivity contribution in [1.29, 1.82) is 5.26 Å². The summed E-state index contributed by atoms with van der Waals surface area (Å²) in [5.41, 5.74) is 1.82. The molecule has 1 N–H and O–H groups in total. The molecule has 6 heteroatoms. The summed E-state index contributed by atoms with van der Waals surface area (Å²) in [7, 11) is 0. The van der Waals surface area contributed by atoms with Crippen molar-refractivity contribution in [3.63, 3.8) is 0 Å². The lowest BCUT2D eigenvalue weighted by atomic mass is 10.1. The number of unbranched alkanes of at least 4 members (excludes halogenated alkanes) is 1. The van der Waals surface area contributed by atoms with E-state index in [0.29, 0.717) is 38.1 Å². The largest absolute Gasteiger partial charge is 0.494 e. The number of hydrogen-bond acceptors (Lipinski definition) is 5. The third-order valence-corrected chi connectivity index (χ3v) is 3.43. The number of benzene rings is 2. The standard InChI is InChI=1S/C18H19N3O3/c19-10-3-4-11-24-17-8-5-6-15(12-17)13-20-14-16-7-1-2-9-18(16)21(22)23/h1-2,5-9,12,20H,3-4,11,13-14H2. The highest BCUT2D eigenvalue weighted by molar-refractivity contribution is 5.39. The van der Waals surface area contributed by atoms with E-state index in [0.717, 1.165) is 11.3 Å². The van der Waals surface area contributed by atoms with Gasteiger partial charge >= 0.3 is 0 Å². The molecule has 0 unspecified atom stereocenters. The maximum atomic E-state index is 11.0. The number of nitrogens with one attached hydrogen (secondary N) is 1. The summed E-state index contributed by atoms with van der Waals surface area (Å²) in [5.74, 6) is 0.762. The van der Waals surface area contributed by atoms with Crippen LogP contribution in [0.1, 0.15) is 24.0 Å². The molecule has 0 heterocycles. The van der Waals surface area contributed by atoms with Gasteiger partial charge in [0.1, 0.15) is 5.75 Å². The fraction of sp³-hybridized carbons (Fsp3) is 0.278. The van der Waals surface area contributed by atoms with Crippen LogP contribution in [0.3, 0.4) is 0 Å². The maximum absolute atomic E-state index is 11.0. The van der Waals surface area contributed by atoms with Gasteiger partial charge in [-0.2, -0.15) is 5.26 Å². The highest BCUT2D eigenvalue weighted by Crippen LogP contribution is 2.18. The average molecular weight is 325 g/mol. The molecule has 0 spiro atoms. The van der Waals surface area contributed by atoms with Crippen LogP contribution in [0.4, 0.5) is 5.69 Å². The van der Waals surface area contributed by atoms with Crippen LogP contribution in [0.2, 0.25) is 0 Å². The first kappa shape index (κ1) is 17.4. The minimum atomic E-state index is -0.368. The van der Waals surface area contributed by atoms with Gasteiger partial charge in [-0.3, -0.25) is 10.1 Å². The fourth-order valence-corrected chi connectivity index (χ4v) is 2.27. The van der Waals surface area contributed by atoms with Crippen LogP contribution < -0.4 is 10.1 Å². The van der Waals surface area contributed by atoms with E-state index >= 15 is 0 Å². The highest BCUT2D eigenvalue weighted by atomic mass is 16.6. The molecule has 0 saturated heterocycles. The van der Waals surface area contributed by atoms with Crippen LogP contribution in [-0.4, -0.2) is 11.5 Å². The molecular weight excluding hydrogens is 306 g/mol. The molecule has 0 saturated carbocycles. The number of nitriles is 1. The minimum absolute atomic E-state index is 0.125. The molecule has 0 aliphatic carbocycles. The molecule has 124 valence electrons. The minimum Gasteiger partial charge on any atom is -0.494 e. The Bertz CT molecular complexity index is 725. The third kappa shape index (κ3) is 5.38. The first-order valence-corrected chi connectivity index (χ1v) is 7.72. The topological polar surface area (TPSA) is 88.2 Å². The zero-order valence-electron chi connectivity index (χ0n) is 13.3. The average Bonchev–Trinajstić information content (AvgIpc) is 2.59. The van der Waals surface area contributed by atoms with Crippen molar-refractivity contribution in [3.05, 3.63) is 69.8 Å². The van der Waals surface area contributed by atoms with Crippen LogP contribution in [0.15, 0.2) is 48.5 Å². The Morgan fingerprint density at radius 2 is 2.00 bits per heavy atom. The van der Waals surface area contributed by atoms with Gasteiger partial charge < -0.3 is 10.1 Å². The SMILES string of the molecule is N#CCCCOc1cccc(CNCc2ccccc2[N+](=O)[O-])c1. The van der Waals surface area contributed by atoms with Crippen molar-refractivity contribution in [2.45, 2.75) is 25.9 Å². The number of nitrogens with zero attached hydrogens (tertiary/aromatic N) is 2. The zero-order chi connectivity index (χ0) is 17.2. The van der Waals surface area contributed by atoms with Crippen LogP contribution in [0.25, 0.3) is 0 Å². The van der Waals surface area contributed by atoms with Gasteiger partial charge in [0.25, 0.3) is 5.69 Å². The fourth-order valence-electron chi connectivity index (χ4n) is 2.27. The molecule has 6 nitrogen and oxygen atoms in total. The molecular formula is C18H19N3O3. The lowest BCUT2D eigenvalue weighted by Gasteiger charge is -2.09. The highest BCUT2D eigenvalue weighted by Gasteiger charge is 2.11. The molecule has 0 atom stereocenters. The summed E-state index contributed by atoms with van der Waals surface area (Å²) in [6, 6.07) is 16.5. The number of para-hydroxylation sites is 1. The lowest BCUT2D eigenvalue weighted by Crippen LogP contribution is -2.13. The number of ether oxygens (including phenoxy) is 1. The van der Waals surface area contributed by atoms with Crippen molar-refractivity contribution < 1.29 is 9.66 Å². The maximum Gasteiger partial charge on any atom is 0.273 e. The summed E-state index contributed by atoms with van der Waals surface area (Å²) >= 11 is 0. The van der Waals surface area contributed by atoms with E-state index in [1.165, 1.54) is 6.07 Å². The van der Waals surface area contributed by atoms with Crippen molar-refractivity contribution >= 4 is 5.69 Å². The van der Waals surface area contributed by atoms with Gasteiger partial charge in [-0.25, -0.2) is 0 Å². The first-order chi connectivity index (χ1) is 11.7. The van der Waals surface area contributed by atoms with Crippen molar-refractivity contribution in [2.75, 3.05) is 6.61 Å². The monoisotopic (exact) mass is 325 g/mol. The zero-order valence-corrected chi connectivity index (χ0v) is 13.3. The second kappa shape index (κ2) is 9.28. The van der Waals surface area contributed by atoms with E-state index in [2.05, 4.69) is 11.4 Å². The molecule has 0 aliphatic rings. The van der Waals surface area contributed by atoms with Gasteiger partial charge in [0, 0.05) is 31.1 Å². The Kier molecular flexibility index (Phi) is 6.74. The molecule has 2 aromatic rings. The number of nitro benzene ring substituents is 1. The second-order valence-corrected chi connectivity index (χ2v) is 5.25. The van der Waals surface area contributed by atoms with E-state index in [1.54, 1.807) is 18.2 Å². The molecule has 0 aromatic heterocycles. The van der Waals surface area contributed by atoms with Crippen molar-refractivity contribution in [3.8, 4) is 11.8 Å². The number of rotatable bonds is 9. The molecule has 0 amide bonds. The van der Waals surface area contributed by atoms with E-state index < -0.39 is 0 Å². The van der Waals surface area contributed by atoms with Crippen LogP contribution in [-0.2, 0) is 13.1 Å². The van der Waals surface area contributed by atoms with Crippen LogP contribution in [0, 0.1) is 21.4 Å². The van der Waals surface area contributed by atoms with Crippen molar-refractivity contribution in [1.82, 2.24) is 5.32 Å². The summed E-state index contributed by atoms with van der Waals surface area (Å²) in [4.78, 5) is 10.6. The van der Waals surface area contributed by atoms with Gasteiger partial charge in [0.15, 0.2) is 0 Å². The molecule has 0 fully saturated rings. The Morgan fingerprint density at radius 1 is 1.17 bits per heavy atom. The summed E-state index contributed by atoms with van der Waals surface area (Å²) in [6.07, 6.45) is 1.19. The van der Waals surface area contributed by atoms with Gasteiger partial charge in [-0.1, -0.05) is 30.3 Å². The molecule has 0 aliphatic heterocycles. The molecule has 24 heavy (non-hydrogen) atoms. The van der Waals surface area contributed by atoms with E-state index in [4.69, 9.17) is 10.00 Å². The smallest absolute Gasteiger partial charge is 0.273 e. The van der Waals surface area contributed by atoms with Gasteiger partial charge in [-0.05, 0) is 24.1 Å². The van der Waals surface area contributed by atoms with Crippen LogP contribution in [0.5, 0.6) is 5.75 Å². The summed E-state index contributed by atoms with van der Waals surface area (Å²) in [6.45, 7) is 1.52. The molecule has 0 radical (unpaired) electrons. The van der Waals surface area contributed by atoms with Gasteiger partial charge in [0.2, 0.25) is 0 Å². The van der Waals surface area contributed by atoms with E-state index in [-0.39, 0.29) is 10.6 Å². The number of nitro groups is 1. The Balaban J connectivity index is 1.86. The predicted molar refractivity (Wildman–Crippen MR) is 90.4 cm³/mol. The van der Waals surface area contributed by atoms with Gasteiger partial charge in [-0.15, -0.1) is 0 Å².